The number of hydrogen-bond donors (Lipinski definition) is 0. The van der Waals surface area contributed by atoms with Crippen LogP contribution in [0.15, 0.2) is 109 Å². The molecule has 0 spiro atoms. The van der Waals surface area contributed by atoms with Gasteiger partial charge in [-0.3, -0.25) is 0 Å². The second-order valence-corrected chi connectivity index (χ2v) is 11.6. The second-order valence-electron chi connectivity index (χ2n) is 11.6. The van der Waals surface area contributed by atoms with Crippen LogP contribution in [0.25, 0.3) is 76.8 Å². The predicted octanol–water partition coefficient (Wildman–Crippen LogP) is 12.4. The van der Waals surface area contributed by atoms with Crippen molar-refractivity contribution in [2.75, 3.05) is 0 Å². The van der Waals surface area contributed by atoms with Gasteiger partial charge in [-0.1, -0.05) is 24.3 Å². The van der Waals surface area contributed by atoms with Crippen LogP contribution in [0.2, 0.25) is 0 Å². The fourth-order valence-electron chi connectivity index (χ4n) is 6.79. The van der Waals surface area contributed by atoms with Gasteiger partial charge in [0.05, 0.1) is 0 Å². The molecule has 8 aromatic carbocycles. The molecule has 0 radical (unpaired) electrons. The smallest absolute Gasteiger partial charge is 0.126 e. The molecule has 0 aliphatic carbocycles. The van der Waals surface area contributed by atoms with E-state index >= 15 is 0 Å². The van der Waals surface area contributed by atoms with Crippen LogP contribution in [-0.2, 0) is 0 Å². The van der Waals surface area contributed by atoms with Crippen LogP contribution in [0, 0.1) is 46.5 Å². The van der Waals surface area contributed by atoms with Crippen molar-refractivity contribution in [3.05, 3.63) is 156 Å². The van der Waals surface area contributed by atoms with Gasteiger partial charge in [-0.05, 0) is 137 Å². The van der Waals surface area contributed by atoms with Crippen molar-refractivity contribution in [1.82, 2.24) is 0 Å². The van der Waals surface area contributed by atoms with Crippen LogP contribution in [0.1, 0.15) is 0 Å². The van der Waals surface area contributed by atoms with Crippen molar-refractivity contribution in [1.29, 1.82) is 0 Å². The van der Waals surface area contributed by atoms with Crippen LogP contribution in [-0.4, -0.2) is 0 Å². The highest BCUT2D eigenvalue weighted by Crippen LogP contribution is 2.49. The SMILES string of the molecule is Fc1cc(F)cc(-c2cc(-c3cc(F)cc(F)c3)c3ccc4c(-c5cc(F)cc(F)c5)cc(-c5cc(F)cc(F)c5)c5ccc2c3c54)c1. The summed E-state index contributed by atoms with van der Waals surface area (Å²) in [5.74, 6) is -6.78. The molecule has 234 valence electrons. The lowest BCUT2D eigenvalue weighted by Gasteiger charge is -2.21. The van der Waals surface area contributed by atoms with Crippen LogP contribution < -0.4 is 0 Å². The summed E-state index contributed by atoms with van der Waals surface area (Å²) in [4.78, 5) is 0. The number of rotatable bonds is 4. The number of halogens is 8. The standard InChI is InChI=1S/C40H18F8/c41-23-5-19(6-24(42)13-23)35-17-37(21-9-27(45)15-28(46)10-21)33-3-4-34-38(22-11-29(47)16-30(48)12-22)18-36(20-7-25(43)14-26(44)8-20)32-2-1-31(35)39(33)40(32)34/h1-18H. The Morgan fingerprint density at radius 3 is 0.604 bits per heavy atom. The highest BCUT2D eigenvalue weighted by Gasteiger charge is 2.22. The van der Waals surface area contributed by atoms with E-state index in [-0.39, 0.29) is 22.3 Å². The molecule has 8 rings (SSSR count). The van der Waals surface area contributed by atoms with Crippen molar-refractivity contribution in [2.45, 2.75) is 0 Å². The lowest BCUT2D eigenvalue weighted by atomic mass is 9.82. The van der Waals surface area contributed by atoms with Crippen LogP contribution in [0.4, 0.5) is 35.1 Å². The Labute approximate surface area is 267 Å². The molecule has 0 fully saturated rings. The van der Waals surface area contributed by atoms with E-state index in [0.717, 1.165) is 72.8 Å². The topological polar surface area (TPSA) is 0 Å². The normalized spacial score (nSPS) is 11.8. The minimum atomic E-state index is -0.847. The maximum Gasteiger partial charge on any atom is 0.126 e. The zero-order valence-electron chi connectivity index (χ0n) is 24.4. The molecule has 0 amide bonds. The zero-order chi connectivity index (χ0) is 33.4. The first-order valence-electron chi connectivity index (χ1n) is 14.7. The number of hydrogen-bond acceptors (Lipinski definition) is 0. The first kappa shape index (κ1) is 29.6. The van der Waals surface area contributed by atoms with E-state index in [9.17, 15) is 35.1 Å². The fourth-order valence-corrected chi connectivity index (χ4v) is 6.79. The zero-order valence-corrected chi connectivity index (χ0v) is 24.4. The summed E-state index contributed by atoms with van der Waals surface area (Å²) < 4.78 is 117. The summed E-state index contributed by atoms with van der Waals surface area (Å²) in [7, 11) is 0. The summed E-state index contributed by atoms with van der Waals surface area (Å²) in [6.45, 7) is 0. The molecule has 0 atom stereocenters. The van der Waals surface area contributed by atoms with Crippen molar-refractivity contribution < 1.29 is 35.1 Å². The first-order valence-corrected chi connectivity index (χ1v) is 14.7. The van der Waals surface area contributed by atoms with Crippen molar-refractivity contribution in [3.8, 4) is 44.5 Å². The monoisotopic (exact) mass is 650 g/mol. The van der Waals surface area contributed by atoms with Crippen molar-refractivity contribution in [3.63, 3.8) is 0 Å². The molecule has 8 heteroatoms. The Morgan fingerprint density at radius 1 is 0.229 bits per heavy atom. The summed E-state index contributed by atoms with van der Waals surface area (Å²) in [5.41, 5.74) is 1.88. The Hall–Kier alpha value is -5.76. The molecule has 0 heterocycles. The van der Waals surface area contributed by atoms with Gasteiger partial charge < -0.3 is 0 Å². The maximum atomic E-state index is 14.6. The van der Waals surface area contributed by atoms with Gasteiger partial charge >= 0.3 is 0 Å². The third-order valence-corrected chi connectivity index (χ3v) is 8.59. The summed E-state index contributed by atoms with van der Waals surface area (Å²) in [6, 6.07) is 21.9. The molecule has 0 nitrogen and oxygen atoms in total. The molecule has 0 saturated heterocycles. The van der Waals surface area contributed by atoms with Crippen LogP contribution in [0.5, 0.6) is 0 Å². The molecule has 0 aliphatic heterocycles. The molecule has 0 saturated carbocycles. The Morgan fingerprint density at radius 2 is 0.417 bits per heavy atom. The molecule has 48 heavy (non-hydrogen) atoms. The molecule has 0 aromatic heterocycles. The highest BCUT2D eigenvalue weighted by atomic mass is 19.2. The first-order chi connectivity index (χ1) is 23.0. The van der Waals surface area contributed by atoms with E-state index in [4.69, 9.17) is 0 Å². The quantitative estimate of drug-likeness (QED) is 0.131. The molecule has 0 unspecified atom stereocenters. The van der Waals surface area contributed by atoms with E-state index in [2.05, 4.69) is 0 Å². The maximum absolute atomic E-state index is 14.6. The highest BCUT2D eigenvalue weighted by molar-refractivity contribution is 6.31. The van der Waals surface area contributed by atoms with Crippen LogP contribution in [0.3, 0.4) is 0 Å². The van der Waals surface area contributed by atoms with E-state index < -0.39 is 46.5 Å². The predicted molar refractivity (Wildman–Crippen MR) is 172 cm³/mol. The average Bonchev–Trinajstić information content (AvgIpc) is 3.01. The molecule has 8 aromatic rings. The number of benzene rings is 8. The summed E-state index contributed by atoms with van der Waals surface area (Å²) in [6.07, 6.45) is 0. The molecule has 0 bridgehead atoms. The summed E-state index contributed by atoms with van der Waals surface area (Å²) >= 11 is 0. The molecule has 0 N–H and O–H groups in total. The Bertz CT molecular complexity index is 2170. The minimum absolute atomic E-state index is 0.142. The lowest BCUT2D eigenvalue weighted by Crippen LogP contribution is -1.96. The summed E-state index contributed by atoms with van der Waals surface area (Å²) in [5, 5.41) is 2.95. The van der Waals surface area contributed by atoms with Gasteiger partial charge in [0.15, 0.2) is 0 Å². The van der Waals surface area contributed by atoms with Gasteiger partial charge in [0.25, 0.3) is 0 Å². The molecular formula is C40H18F8. The van der Waals surface area contributed by atoms with Gasteiger partial charge in [0.1, 0.15) is 46.5 Å². The van der Waals surface area contributed by atoms with Crippen molar-refractivity contribution >= 4 is 32.3 Å². The van der Waals surface area contributed by atoms with Crippen LogP contribution >= 0.6 is 0 Å². The van der Waals surface area contributed by atoms with Gasteiger partial charge in [-0.2, -0.15) is 0 Å². The minimum Gasteiger partial charge on any atom is -0.207 e. The second kappa shape index (κ2) is 10.9. The lowest BCUT2D eigenvalue weighted by molar-refractivity contribution is 0.583. The van der Waals surface area contributed by atoms with E-state index in [1.165, 1.54) is 0 Å². The third kappa shape index (κ3) is 4.92. The van der Waals surface area contributed by atoms with E-state index in [0.29, 0.717) is 54.6 Å². The molecular weight excluding hydrogens is 632 g/mol. The average molecular weight is 651 g/mol. The van der Waals surface area contributed by atoms with Gasteiger partial charge in [-0.25, -0.2) is 35.1 Å². The largest absolute Gasteiger partial charge is 0.207 e. The fraction of sp³-hybridized carbons (Fsp3) is 0. The van der Waals surface area contributed by atoms with E-state index in [1.54, 1.807) is 36.4 Å². The molecule has 0 aliphatic rings. The van der Waals surface area contributed by atoms with Gasteiger partial charge in [0.2, 0.25) is 0 Å². The van der Waals surface area contributed by atoms with Crippen molar-refractivity contribution in [2.24, 2.45) is 0 Å². The van der Waals surface area contributed by atoms with Gasteiger partial charge in [0, 0.05) is 24.3 Å². The van der Waals surface area contributed by atoms with E-state index in [1.807, 2.05) is 0 Å². The Balaban J connectivity index is 1.60. The van der Waals surface area contributed by atoms with Gasteiger partial charge in [-0.15, -0.1) is 0 Å². The third-order valence-electron chi connectivity index (χ3n) is 8.59. The Kier molecular flexibility index (Phi) is 6.73.